The van der Waals surface area contributed by atoms with E-state index in [2.05, 4.69) is 5.32 Å². The predicted molar refractivity (Wildman–Crippen MR) is 75.4 cm³/mol. The zero-order chi connectivity index (χ0) is 13.0. The van der Waals surface area contributed by atoms with Crippen molar-refractivity contribution in [3.05, 3.63) is 35.9 Å². The molecule has 18 heavy (non-hydrogen) atoms. The Morgan fingerprint density at radius 2 is 1.78 bits per heavy atom. The molecule has 1 saturated carbocycles. The van der Waals surface area contributed by atoms with Crippen LogP contribution in [0.2, 0.25) is 0 Å². The van der Waals surface area contributed by atoms with Crippen molar-refractivity contribution in [3.8, 4) is 0 Å². The fraction of sp³-hybridized carbons (Fsp3) is 0.625. The summed E-state index contributed by atoms with van der Waals surface area (Å²) in [6, 6.07) is 10.2. The monoisotopic (exact) mass is 247 g/mol. The van der Waals surface area contributed by atoms with E-state index in [1.807, 2.05) is 44.3 Å². The normalized spacial score (nSPS) is 22.4. The number of hydrogen-bond acceptors (Lipinski definition) is 2. The molecule has 1 aromatic carbocycles. The Labute approximate surface area is 110 Å². The van der Waals surface area contributed by atoms with E-state index in [1.54, 1.807) is 0 Å². The Morgan fingerprint density at radius 3 is 2.33 bits per heavy atom. The third-order valence-corrected chi connectivity index (χ3v) is 4.40. The molecule has 0 saturated heterocycles. The molecule has 1 unspecified atom stereocenters. The highest BCUT2D eigenvalue weighted by Crippen LogP contribution is 2.35. The zero-order valence-electron chi connectivity index (χ0n) is 11.5. The van der Waals surface area contributed by atoms with Crippen molar-refractivity contribution in [1.82, 2.24) is 5.32 Å². The number of benzene rings is 1. The standard InChI is InChI=1S/C16H25NO/c1-16(18,14-11-7-4-8-12-14)15(17-2)13-9-5-3-6-10-13/h4,7-8,11-13,15,17-18H,3,5-6,9-10H2,1-2H3/t15-,16?/m0/s1. The van der Waals surface area contributed by atoms with Crippen molar-refractivity contribution in [2.45, 2.75) is 50.7 Å². The lowest BCUT2D eigenvalue weighted by molar-refractivity contribution is -0.0113. The minimum absolute atomic E-state index is 0.139. The summed E-state index contributed by atoms with van der Waals surface area (Å²) in [7, 11) is 1.97. The van der Waals surface area contributed by atoms with Crippen LogP contribution in [0.25, 0.3) is 0 Å². The number of hydrogen-bond donors (Lipinski definition) is 2. The number of nitrogens with one attached hydrogen (secondary N) is 1. The van der Waals surface area contributed by atoms with Gasteiger partial charge in [0.15, 0.2) is 0 Å². The van der Waals surface area contributed by atoms with Crippen molar-refractivity contribution >= 4 is 0 Å². The largest absolute Gasteiger partial charge is 0.384 e. The third-order valence-electron chi connectivity index (χ3n) is 4.40. The fourth-order valence-corrected chi connectivity index (χ4v) is 3.40. The summed E-state index contributed by atoms with van der Waals surface area (Å²) in [6.45, 7) is 1.94. The van der Waals surface area contributed by atoms with Gasteiger partial charge in [0, 0.05) is 6.04 Å². The summed E-state index contributed by atoms with van der Waals surface area (Å²) < 4.78 is 0. The minimum atomic E-state index is -0.794. The van der Waals surface area contributed by atoms with Gasteiger partial charge in [-0.1, -0.05) is 49.6 Å². The lowest BCUT2D eigenvalue weighted by Crippen LogP contribution is -2.50. The quantitative estimate of drug-likeness (QED) is 0.857. The molecule has 2 heteroatoms. The van der Waals surface area contributed by atoms with Crippen LogP contribution >= 0.6 is 0 Å². The molecule has 0 amide bonds. The lowest BCUT2D eigenvalue weighted by atomic mass is 9.75. The summed E-state index contributed by atoms with van der Waals surface area (Å²) in [5.41, 5.74) is 0.216. The van der Waals surface area contributed by atoms with Crippen molar-refractivity contribution in [1.29, 1.82) is 0 Å². The van der Waals surface area contributed by atoms with Gasteiger partial charge in [-0.3, -0.25) is 0 Å². The van der Waals surface area contributed by atoms with Crippen molar-refractivity contribution in [2.75, 3.05) is 7.05 Å². The first-order valence-corrected chi connectivity index (χ1v) is 7.11. The van der Waals surface area contributed by atoms with Gasteiger partial charge < -0.3 is 10.4 Å². The number of aliphatic hydroxyl groups is 1. The van der Waals surface area contributed by atoms with Crippen molar-refractivity contribution in [2.24, 2.45) is 5.92 Å². The first kappa shape index (κ1) is 13.6. The van der Waals surface area contributed by atoms with E-state index in [-0.39, 0.29) is 6.04 Å². The van der Waals surface area contributed by atoms with Crippen LogP contribution in [0.4, 0.5) is 0 Å². The Hall–Kier alpha value is -0.860. The topological polar surface area (TPSA) is 32.3 Å². The van der Waals surface area contributed by atoms with Gasteiger partial charge in [-0.25, -0.2) is 0 Å². The maximum absolute atomic E-state index is 10.9. The van der Waals surface area contributed by atoms with Gasteiger partial charge in [0.2, 0.25) is 0 Å². The molecule has 0 bridgehead atoms. The maximum atomic E-state index is 10.9. The van der Waals surface area contributed by atoms with Crippen LogP contribution in [0.3, 0.4) is 0 Å². The SMILES string of the molecule is CN[C@@H](C1CCCCC1)C(C)(O)c1ccccc1. The summed E-state index contributed by atoms with van der Waals surface area (Å²) >= 11 is 0. The molecule has 1 aromatic rings. The molecular formula is C16H25NO. The van der Waals surface area contributed by atoms with Crippen LogP contribution in [0.15, 0.2) is 30.3 Å². The Kier molecular flexibility index (Phi) is 4.41. The second-order valence-electron chi connectivity index (χ2n) is 5.68. The predicted octanol–water partition coefficient (Wildman–Crippen LogP) is 3.06. The van der Waals surface area contributed by atoms with Crippen LogP contribution in [-0.4, -0.2) is 18.2 Å². The van der Waals surface area contributed by atoms with Crippen LogP contribution < -0.4 is 5.32 Å². The van der Waals surface area contributed by atoms with Crippen LogP contribution in [0, 0.1) is 5.92 Å². The van der Waals surface area contributed by atoms with E-state index in [0.717, 1.165) is 5.56 Å². The molecule has 100 valence electrons. The van der Waals surface area contributed by atoms with Gasteiger partial charge in [0.05, 0.1) is 0 Å². The van der Waals surface area contributed by atoms with Crippen LogP contribution in [-0.2, 0) is 5.60 Å². The molecule has 2 N–H and O–H groups in total. The highest BCUT2D eigenvalue weighted by atomic mass is 16.3. The average molecular weight is 247 g/mol. The molecule has 0 radical (unpaired) electrons. The van der Waals surface area contributed by atoms with Crippen LogP contribution in [0.1, 0.15) is 44.6 Å². The van der Waals surface area contributed by atoms with E-state index in [4.69, 9.17) is 0 Å². The fourth-order valence-electron chi connectivity index (χ4n) is 3.40. The first-order valence-electron chi connectivity index (χ1n) is 7.11. The molecule has 0 spiro atoms. The highest BCUT2D eigenvalue weighted by molar-refractivity contribution is 5.24. The highest BCUT2D eigenvalue weighted by Gasteiger charge is 2.38. The van der Waals surface area contributed by atoms with E-state index in [0.29, 0.717) is 5.92 Å². The summed E-state index contributed by atoms with van der Waals surface area (Å²) in [4.78, 5) is 0. The van der Waals surface area contributed by atoms with Gasteiger partial charge in [-0.05, 0) is 38.3 Å². The molecule has 2 atom stereocenters. The molecule has 2 rings (SSSR count). The summed E-state index contributed by atoms with van der Waals surface area (Å²) in [6.07, 6.45) is 6.41. The molecule has 2 nitrogen and oxygen atoms in total. The minimum Gasteiger partial charge on any atom is -0.384 e. The van der Waals surface area contributed by atoms with Crippen LogP contribution in [0.5, 0.6) is 0 Å². The lowest BCUT2D eigenvalue weighted by Gasteiger charge is -2.40. The van der Waals surface area contributed by atoms with Crippen molar-refractivity contribution in [3.63, 3.8) is 0 Å². The van der Waals surface area contributed by atoms with Gasteiger partial charge in [-0.2, -0.15) is 0 Å². The first-order chi connectivity index (χ1) is 8.66. The van der Waals surface area contributed by atoms with Gasteiger partial charge in [0.1, 0.15) is 5.60 Å². The summed E-state index contributed by atoms with van der Waals surface area (Å²) in [5.74, 6) is 0.582. The van der Waals surface area contributed by atoms with Gasteiger partial charge >= 0.3 is 0 Å². The second-order valence-corrected chi connectivity index (χ2v) is 5.68. The molecule has 1 fully saturated rings. The van der Waals surface area contributed by atoms with Gasteiger partial charge in [-0.15, -0.1) is 0 Å². The molecule has 1 aliphatic carbocycles. The Balaban J connectivity index is 2.19. The molecule has 0 heterocycles. The molecule has 0 aromatic heterocycles. The third kappa shape index (κ3) is 2.76. The van der Waals surface area contributed by atoms with E-state index in [1.165, 1.54) is 32.1 Å². The van der Waals surface area contributed by atoms with Crippen molar-refractivity contribution < 1.29 is 5.11 Å². The number of rotatable bonds is 4. The molecule has 1 aliphatic rings. The zero-order valence-corrected chi connectivity index (χ0v) is 11.5. The molecule has 0 aliphatic heterocycles. The van der Waals surface area contributed by atoms with E-state index < -0.39 is 5.60 Å². The molecular weight excluding hydrogens is 222 g/mol. The van der Waals surface area contributed by atoms with E-state index in [9.17, 15) is 5.11 Å². The maximum Gasteiger partial charge on any atom is 0.102 e. The average Bonchev–Trinajstić information content (AvgIpc) is 2.41. The smallest absolute Gasteiger partial charge is 0.102 e. The Bertz CT molecular complexity index is 355. The van der Waals surface area contributed by atoms with E-state index >= 15 is 0 Å². The number of likely N-dealkylation sites (N-methyl/N-ethyl adjacent to an activating group) is 1. The second kappa shape index (κ2) is 5.85. The summed E-state index contributed by atoms with van der Waals surface area (Å²) in [5, 5.41) is 14.3. The Morgan fingerprint density at radius 1 is 1.17 bits per heavy atom. The van der Waals surface area contributed by atoms with Gasteiger partial charge in [0.25, 0.3) is 0 Å².